The average molecular weight is 258 g/mol. The maximum atomic E-state index is 12.4. The van der Waals surface area contributed by atoms with Crippen LogP contribution in [0.4, 0.5) is 0 Å². The van der Waals surface area contributed by atoms with Gasteiger partial charge in [0.2, 0.25) is 0 Å². The molecule has 1 aromatic heterocycles. The molecule has 19 heavy (non-hydrogen) atoms. The molecule has 1 aromatic carbocycles. The van der Waals surface area contributed by atoms with Gasteiger partial charge in [0.15, 0.2) is 5.78 Å². The van der Waals surface area contributed by atoms with E-state index in [2.05, 4.69) is 0 Å². The standard InChI is InChI=1S/C15H17NO3/c1-15(2,3)14(19)11-8-16(9-13(17)18)12-7-5-4-6-10(11)12/h4-8H,9H2,1-3H3,(H,17,18)/p-1. The van der Waals surface area contributed by atoms with Crippen molar-refractivity contribution in [3.8, 4) is 0 Å². The van der Waals surface area contributed by atoms with E-state index in [-0.39, 0.29) is 12.3 Å². The lowest BCUT2D eigenvalue weighted by atomic mass is 9.86. The third-order valence-corrected chi connectivity index (χ3v) is 3.01. The number of fused-ring (bicyclic) bond motifs is 1. The number of hydrogen-bond donors (Lipinski definition) is 0. The summed E-state index contributed by atoms with van der Waals surface area (Å²) in [5.74, 6) is -1.17. The number of aliphatic carboxylic acids is 1. The number of carbonyl (C=O) groups excluding carboxylic acids is 2. The number of para-hydroxylation sites is 1. The van der Waals surface area contributed by atoms with E-state index in [1.165, 1.54) is 0 Å². The Morgan fingerprint density at radius 1 is 1.21 bits per heavy atom. The largest absolute Gasteiger partial charge is 0.548 e. The molecule has 2 aromatic rings. The highest BCUT2D eigenvalue weighted by Crippen LogP contribution is 2.28. The van der Waals surface area contributed by atoms with Crippen molar-refractivity contribution in [2.24, 2.45) is 5.41 Å². The quantitative estimate of drug-likeness (QED) is 0.786. The minimum absolute atomic E-state index is 0.000739. The zero-order valence-electron chi connectivity index (χ0n) is 11.3. The Balaban J connectivity index is 2.63. The number of carbonyl (C=O) groups is 2. The fraction of sp³-hybridized carbons (Fsp3) is 0.333. The molecule has 1 heterocycles. The van der Waals surface area contributed by atoms with Crippen molar-refractivity contribution in [3.05, 3.63) is 36.0 Å². The molecular formula is C15H16NO3-. The van der Waals surface area contributed by atoms with Gasteiger partial charge in [-0.25, -0.2) is 0 Å². The topological polar surface area (TPSA) is 62.1 Å². The van der Waals surface area contributed by atoms with E-state index in [9.17, 15) is 14.7 Å². The number of aromatic nitrogens is 1. The van der Waals surface area contributed by atoms with E-state index in [0.717, 1.165) is 10.9 Å². The molecule has 0 atom stereocenters. The van der Waals surface area contributed by atoms with Crippen LogP contribution in [0.3, 0.4) is 0 Å². The Kier molecular flexibility index (Phi) is 3.18. The molecule has 0 aliphatic carbocycles. The van der Waals surface area contributed by atoms with Crippen molar-refractivity contribution in [1.82, 2.24) is 4.57 Å². The molecular weight excluding hydrogens is 242 g/mol. The second-order valence-corrected chi connectivity index (χ2v) is 5.64. The zero-order chi connectivity index (χ0) is 14.2. The van der Waals surface area contributed by atoms with E-state index in [1.54, 1.807) is 16.8 Å². The van der Waals surface area contributed by atoms with Crippen LogP contribution in [0.2, 0.25) is 0 Å². The number of ketones is 1. The number of nitrogens with zero attached hydrogens (tertiary/aromatic N) is 1. The van der Waals surface area contributed by atoms with Gasteiger partial charge >= 0.3 is 0 Å². The van der Waals surface area contributed by atoms with Gasteiger partial charge in [0.1, 0.15) is 0 Å². The number of hydrogen-bond acceptors (Lipinski definition) is 3. The maximum absolute atomic E-state index is 12.4. The monoisotopic (exact) mass is 258 g/mol. The second-order valence-electron chi connectivity index (χ2n) is 5.64. The van der Waals surface area contributed by atoms with Crippen LogP contribution in [0, 0.1) is 5.41 Å². The molecule has 0 aliphatic rings. The van der Waals surface area contributed by atoms with Gasteiger partial charge in [0, 0.05) is 28.1 Å². The van der Waals surface area contributed by atoms with Gasteiger partial charge in [0.05, 0.1) is 12.5 Å². The second kappa shape index (κ2) is 4.53. The third-order valence-electron chi connectivity index (χ3n) is 3.01. The molecule has 0 aliphatic heterocycles. The molecule has 0 saturated heterocycles. The summed E-state index contributed by atoms with van der Waals surface area (Å²) in [6.45, 7) is 5.29. The highest BCUT2D eigenvalue weighted by Gasteiger charge is 2.26. The first-order valence-corrected chi connectivity index (χ1v) is 6.13. The summed E-state index contributed by atoms with van der Waals surface area (Å²) in [7, 11) is 0. The van der Waals surface area contributed by atoms with Gasteiger partial charge in [-0.1, -0.05) is 39.0 Å². The predicted molar refractivity (Wildman–Crippen MR) is 70.7 cm³/mol. The summed E-state index contributed by atoms with van der Waals surface area (Å²) < 4.78 is 1.55. The number of Topliss-reactive ketones (excluding diaryl/α,β-unsaturated/α-hetero) is 1. The Morgan fingerprint density at radius 3 is 2.42 bits per heavy atom. The molecule has 4 heteroatoms. The number of benzene rings is 1. The van der Waals surface area contributed by atoms with E-state index in [4.69, 9.17) is 0 Å². The lowest BCUT2D eigenvalue weighted by Gasteiger charge is -2.15. The molecule has 100 valence electrons. The van der Waals surface area contributed by atoms with E-state index in [1.807, 2.05) is 39.0 Å². The Bertz CT molecular complexity index is 647. The first kappa shape index (κ1) is 13.3. The first-order chi connectivity index (χ1) is 8.80. The average Bonchev–Trinajstić information content (AvgIpc) is 2.65. The summed E-state index contributed by atoms with van der Waals surface area (Å²) in [6.07, 6.45) is 1.61. The summed E-state index contributed by atoms with van der Waals surface area (Å²) in [5, 5.41) is 11.6. The van der Waals surface area contributed by atoms with Crippen LogP contribution in [0.1, 0.15) is 31.1 Å². The number of carboxylic acids is 1. The van der Waals surface area contributed by atoms with Crippen LogP contribution >= 0.6 is 0 Å². The lowest BCUT2D eigenvalue weighted by molar-refractivity contribution is -0.306. The fourth-order valence-corrected chi connectivity index (χ4v) is 2.10. The molecule has 2 rings (SSSR count). The van der Waals surface area contributed by atoms with Crippen molar-refractivity contribution in [3.63, 3.8) is 0 Å². The predicted octanol–water partition coefficient (Wildman–Crippen LogP) is 1.62. The first-order valence-electron chi connectivity index (χ1n) is 6.13. The van der Waals surface area contributed by atoms with Crippen molar-refractivity contribution in [2.75, 3.05) is 0 Å². The van der Waals surface area contributed by atoms with Crippen molar-refractivity contribution in [1.29, 1.82) is 0 Å². The van der Waals surface area contributed by atoms with Crippen LogP contribution in [0.25, 0.3) is 10.9 Å². The van der Waals surface area contributed by atoms with Gasteiger partial charge in [-0.15, -0.1) is 0 Å². The lowest BCUT2D eigenvalue weighted by Crippen LogP contribution is -2.27. The molecule has 0 N–H and O–H groups in total. The highest BCUT2D eigenvalue weighted by atomic mass is 16.4. The normalized spacial score (nSPS) is 11.7. The SMILES string of the molecule is CC(C)(C)C(=O)c1cn(CC(=O)[O-])c2ccccc12. The Labute approximate surface area is 111 Å². The zero-order valence-corrected chi connectivity index (χ0v) is 11.3. The summed E-state index contributed by atoms with van der Waals surface area (Å²) in [6, 6.07) is 7.29. The van der Waals surface area contributed by atoms with E-state index < -0.39 is 11.4 Å². The summed E-state index contributed by atoms with van der Waals surface area (Å²) in [4.78, 5) is 23.2. The smallest absolute Gasteiger partial charge is 0.170 e. The van der Waals surface area contributed by atoms with Crippen molar-refractivity contribution >= 4 is 22.7 Å². The maximum Gasteiger partial charge on any atom is 0.170 e. The molecule has 0 fully saturated rings. The van der Waals surface area contributed by atoms with Gasteiger partial charge in [0.25, 0.3) is 0 Å². The highest BCUT2D eigenvalue weighted by molar-refractivity contribution is 6.10. The minimum atomic E-state index is -1.17. The van der Waals surface area contributed by atoms with Crippen LogP contribution in [0.5, 0.6) is 0 Å². The van der Waals surface area contributed by atoms with E-state index in [0.29, 0.717) is 5.56 Å². The van der Waals surface area contributed by atoms with Crippen LogP contribution in [-0.2, 0) is 11.3 Å². The molecule has 4 nitrogen and oxygen atoms in total. The van der Waals surface area contributed by atoms with Crippen molar-refractivity contribution in [2.45, 2.75) is 27.3 Å². The van der Waals surface area contributed by atoms with Gasteiger partial charge in [-0.2, -0.15) is 0 Å². The van der Waals surface area contributed by atoms with E-state index >= 15 is 0 Å². The molecule has 0 unspecified atom stereocenters. The Morgan fingerprint density at radius 2 is 1.84 bits per heavy atom. The van der Waals surface area contributed by atoms with Crippen LogP contribution < -0.4 is 5.11 Å². The number of rotatable bonds is 3. The number of carboxylic acid groups (broad SMARTS) is 1. The molecule has 0 amide bonds. The molecule has 0 bridgehead atoms. The van der Waals surface area contributed by atoms with Gasteiger partial charge in [-0.3, -0.25) is 4.79 Å². The molecule has 0 spiro atoms. The van der Waals surface area contributed by atoms with Gasteiger partial charge < -0.3 is 14.5 Å². The fourth-order valence-electron chi connectivity index (χ4n) is 2.10. The third kappa shape index (κ3) is 2.52. The Hall–Kier alpha value is -2.10. The minimum Gasteiger partial charge on any atom is -0.548 e. The van der Waals surface area contributed by atoms with Crippen LogP contribution in [0.15, 0.2) is 30.5 Å². The summed E-state index contributed by atoms with van der Waals surface area (Å²) in [5.41, 5.74) is 0.792. The molecule has 0 saturated carbocycles. The van der Waals surface area contributed by atoms with Crippen LogP contribution in [-0.4, -0.2) is 16.3 Å². The van der Waals surface area contributed by atoms with Gasteiger partial charge in [-0.05, 0) is 6.07 Å². The molecule has 0 radical (unpaired) electrons. The van der Waals surface area contributed by atoms with Crippen molar-refractivity contribution < 1.29 is 14.7 Å². The summed E-state index contributed by atoms with van der Waals surface area (Å²) >= 11 is 0.